The maximum Gasteiger partial charge on any atom is 0.416 e. The van der Waals surface area contributed by atoms with Crippen LogP contribution in [-0.2, 0) is 32.3 Å². The normalized spacial score (nSPS) is 14.7. The number of nitrogens with zero attached hydrogens (tertiary/aromatic N) is 2. The summed E-state index contributed by atoms with van der Waals surface area (Å²) in [5, 5.41) is 3.49. The number of anilines is 1. The minimum Gasteiger partial charge on any atom is -0.352 e. The van der Waals surface area contributed by atoms with Crippen LogP contribution in [0.25, 0.3) is 0 Å². The highest BCUT2D eigenvalue weighted by molar-refractivity contribution is 7.92. The average molecular weight is 650 g/mol. The van der Waals surface area contributed by atoms with E-state index in [0.29, 0.717) is 21.0 Å². The second kappa shape index (κ2) is 14.0. The molecule has 7 nitrogen and oxygen atoms in total. The van der Waals surface area contributed by atoms with Crippen molar-refractivity contribution in [2.75, 3.05) is 10.8 Å². The van der Waals surface area contributed by atoms with Gasteiger partial charge in [-0.1, -0.05) is 67.3 Å². The standard InChI is InChI=1S/C32H35ClF3N3O4S/c1-3-29(31(41)37-26-8-4-5-9-26)38(20-23-13-15-25(33)16-14-23)30(40)21-39(27-10-6-7-24(19-27)32(34,35)36)44(42,43)28-17-11-22(2)12-18-28/h6-7,10-19,26,29H,3-5,8-9,20-21H2,1-2H3,(H,37,41)/t29-/m0/s1. The van der Waals surface area contributed by atoms with Crippen molar-refractivity contribution in [2.24, 2.45) is 0 Å². The van der Waals surface area contributed by atoms with Gasteiger partial charge in [-0.2, -0.15) is 13.2 Å². The predicted octanol–water partition coefficient (Wildman–Crippen LogP) is 6.73. The van der Waals surface area contributed by atoms with Gasteiger partial charge in [0.05, 0.1) is 16.1 Å². The fourth-order valence-corrected chi connectivity index (χ4v) is 6.81. The number of nitrogens with one attached hydrogen (secondary N) is 1. The molecule has 0 radical (unpaired) electrons. The first kappa shape index (κ1) is 33.3. The lowest BCUT2D eigenvalue weighted by Gasteiger charge is -2.34. The second-order valence-corrected chi connectivity index (χ2v) is 13.2. The van der Waals surface area contributed by atoms with Gasteiger partial charge in [0.25, 0.3) is 10.0 Å². The number of benzene rings is 3. The van der Waals surface area contributed by atoms with E-state index in [1.54, 1.807) is 50.2 Å². The third-order valence-corrected chi connectivity index (χ3v) is 9.74. The molecule has 0 aliphatic heterocycles. The van der Waals surface area contributed by atoms with Crippen molar-refractivity contribution < 1.29 is 31.2 Å². The van der Waals surface area contributed by atoms with Crippen LogP contribution in [0.3, 0.4) is 0 Å². The van der Waals surface area contributed by atoms with E-state index in [1.807, 2.05) is 0 Å². The van der Waals surface area contributed by atoms with Crippen LogP contribution in [-0.4, -0.2) is 43.8 Å². The first-order valence-corrected chi connectivity index (χ1v) is 16.2. The summed E-state index contributed by atoms with van der Waals surface area (Å²) in [6.45, 7) is 2.63. The van der Waals surface area contributed by atoms with E-state index in [9.17, 15) is 31.2 Å². The highest BCUT2D eigenvalue weighted by Crippen LogP contribution is 2.33. The number of alkyl halides is 3. The van der Waals surface area contributed by atoms with Crippen molar-refractivity contribution in [3.8, 4) is 0 Å². The lowest BCUT2D eigenvalue weighted by molar-refractivity contribution is -0.140. The van der Waals surface area contributed by atoms with Gasteiger partial charge in [0.2, 0.25) is 11.8 Å². The summed E-state index contributed by atoms with van der Waals surface area (Å²) in [6.07, 6.45) is -0.898. The van der Waals surface area contributed by atoms with Crippen LogP contribution in [0.4, 0.5) is 18.9 Å². The van der Waals surface area contributed by atoms with E-state index >= 15 is 0 Å². The number of carbonyl (C=O) groups excluding carboxylic acids is 2. The van der Waals surface area contributed by atoms with Crippen LogP contribution >= 0.6 is 11.6 Å². The molecule has 3 aromatic rings. The smallest absolute Gasteiger partial charge is 0.352 e. The maximum atomic E-state index is 14.1. The van der Waals surface area contributed by atoms with E-state index in [2.05, 4.69) is 5.32 Å². The molecule has 0 spiro atoms. The zero-order valence-electron chi connectivity index (χ0n) is 24.5. The molecule has 0 saturated heterocycles. The van der Waals surface area contributed by atoms with Crippen molar-refractivity contribution in [3.63, 3.8) is 0 Å². The Morgan fingerprint density at radius 2 is 1.64 bits per heavy atom. The Kier molecular flexibility index (Phi) is 10.6. The van der Waals surface area contributed by atoms with Gasteiger partial charge in [0.1, 0.15) is 12.6 Å². The van der Waals surface area contributed by atoms with E-state index < -0.39 is 40.3 Å². The lowest BCUT2D eigenvalue weighted by Crippen LogP contribution is -2.53. The Balaban J connectivity index is 1.75. The highest BCUT2D eigenvalue weighted by atomic mass is 35.5. The van der Waals surface area contributed by atoms with Gasteiger partial charge in [-0.3, -0.25) is 13.9 Å². The van der Waals surface area contributed by atoms with Crippen molar-refractivity contribution >= 4 is 39.1 Å². The molecule has 3 aromatic carbocycles. The number of hydrogen-bond donors (Lipinski definition) is 1. The number of sulfonamides is 1. The van der Waals surface area contributed by atoms with Gasteiger partial charge in [0.15, 0.2) is 0 Å². The Bertz CT molecular complexity index is 1560. The topological polar surface area (TPSA) is 86.8 Å². The van der Waals surface area contributed by atoms with E-state index in [0.717, 1.165) is 43.4 Å². The molecule has 4 rings (SSSR count). The third kappa shape index (κ3) is 8.12. The molecule has 0 heterocycles. The second-order valence-electron chi connectivity index (χ2n) is 10.9. The molecule has 1 saturated carbocycles. The molecule has 236 valence electrons. The molecular formula is C32H35ClF3N3O4S. The molecule has 1 atom stereocenters. The summed E-state index contributed by atoms with van der Waals surface area (Å²) in [4.78, 5) is 28.7. The summed E-state index contributed by atoms with van der Waals surface area (Å²) in [5.41, 5.74) is 0.0244. The van der Waals surface area contributed by atoms with Gasteiger partial charge in [0, 0.05) is 17.6 Å². The number of aryl methyl sites for hydroxylation is 1. The summed E-state index contributed by atoms with van der Waals surface area (Å²) < 4.78 is 69.6. The Labute approximate surface area is 261 Å². The van der Waals surface area contributed by atoms with Crippen LogP contribution in [0.2, 0.25) is 5.02 Å². The first-order chi connectivity index (χ1) is 20.8. The number of carbonyl (C=O) groups is 2. The van der Waals surface area contributed by atoms with Gasteiger partial charge in [-0.05, 0) is 74.2 Å². The minimum absolute atomic E-state index is 0.0208. The molecule has 0 aromatic heterocycles. The fourth-order valence-electron chi connectivity index (χ4n) is 5.28. The monoisotopic (exact) mass is 649 g/mol. The molecule has 12 heteroatoms. The molecule has 1 aliphatic rings. The molecule has 1 N–H and O–H groups in total. The largest absolute Gasteiger partial charge is 0.416 e. The van der Waals surface area contributed by atoms with Crippen molar-refractivity contribution in [1.82, 2.24) is 10.2 Å². The zero-order valence-corrected chi connectivity index (χ0v) is 26.1. The van der Waals surface area contributed by atoms with Crippen LogP contribution < -0.4 is 9.62 Å². The first-order valence-electron chi connectivity index (χ1n) is 14.4. The summed E-state index contributed by atoms with van der Waals surface area (Å²) >= 11 is 6.05. The Morgan fingerprint density at radius 1 is 1.00 bits per heavy atom. The summed E-state index contributed by atoms with van der Waals surface area (Å²) in [6, 6.07) is 15.3. The van der Waals surface area contributed by atoms with E-state index in [-0.39, 0.29) is 35.5 Å². The highest BCUT2D eigenvalue weighted by Gasteiger charge is 2.36. The van der Waals surface area contributed by atoms with Crippen molar-refractivity contribution in [2.45, 2.75) is 75.7 Å². The van der Waals surface area contributed by atoms with Crippen LogP contribution in [0.5, 0.6) is 0 Å². The number of halogens is 4. The number of amides is 2. The molecule has 0 bridgehead atoms. The molecule has 44 heavy (non-hydrogen) atoms. The molecule has 2 amide bonds. The predicted molar refractivity (Wildman–Crippen MR) is 164 cm³/mol. The van der Waals surface area contributed by atoms with E-state index in [1.165, 1.54) is 23.1 Å². The number of hydrogen-bond acceptors (Lipinski definition) is 4. The van der Waals surface area contributed by atoms with Crippen molar-refractivity contribution in [3.05, 3.63) is 94.5 Å². The van der Waals surface area contributed by atoms with Gasteiger partial charge in [-0.15, -0.1) is 0 Å². The third-order valence-electron chi connectivity index (χ3n) is 7.70. The molecule has 1 aliphatic carbocycles. The zero-order chi connectivity index (χ0) is 32.1. The minimum atomic E-state index is -4.74. The Morgan fingerprint density at radius 3 is 2.23 bits per heavy atom. The maximum absolute atomic E-state index is 14.1. The fraction of sp³-hybridized carbons (Fsp3) is 0.375. The molecule has 0 unspecified atom stereocenters. The number of rotatable bonds is 11. The van der Waals surface area contributed by atoms with Crippen LogP contribution in [0, 0.1) is 6.92 Å². The van der Waals surface area contributed by atoms with Crippen LogP contribution in [0.1, 0.15) is 55.7 Å². The molecular weight excluding hydrogens is 615 g/mol. The van der Waals surface area contributed by atoms with Gasteiger partial charge < -0.3 is 10.2 Å². The molecule has 1 fully saturated rings. The van der Waals surface area contributed by atoms with Gasteiger partial charge >= 0.3 is 6.18 Å². The van der Waals surface area contributed by atoms with Crippen LogP contribution in [0.15, 0.2) is 77.7 Å². The van der Waals surface area contributed by atoms with Gasteiger partial charge in [-0.25, -0.2) is 8.42 Å². The van der Waals surface area contributed by atoms with E-state index in [4.69, 9.17) is 11.6 Å². The summed E-state index contributed by atoms with van der Waals surface area (Å²) in [7, 11) is -4.51. The van der Waals surface area contributed by atoms with Crippen molar-refractivity contribution in [1.29, 1.82) is 0 Å². The lowest BCUT2D eigenvalue weighted by atomic mass is 10.1. The average Bonchev–Trinajstić information content (AvgIpc) is 3.49. The SMILES string of the molecule is CC[C@@H](C(=O)NC1CCCC1)N(Cc1ccc(Cl)cc1)C(=O)CN(c1cccc(C(F)(F)F)c1)S(=O)(=O)c1ccc(C)cc1. The quantitative estimate of drug-likeness (QED) is 0.250. The summed E-state index contributed by atoms with van der Waals surface area (Å²) in [5.74, 6) is -1.12. The Hall–Kier alpha value is -3.57.